The van der Waals surface area contributed by atoms with E-state index in [4.69, 9.17) is 4.42 Å². The van der Waals surface area contributed by atoms with Gasteiger partial charge in [-0.1, -0.05) is 29.8 Å². The fourth-order valence-electron chi connectivity index (χ4n) is 3.60. The molecule has 0 spiro atoms. The maximum Gasteiger partial charge on any atom is 0.573 e. The molecule has 164 valence electrons. The number of nitrogens with zero attached hydrogens (tertiary/aromatic N) is 4. The van der Waals surface area contributed by atoms with Crippen LogP contribution in [0.1, 0.15) is 36.8 Å². The molecule has 0 amide bonds. The van der Waals surface area contributed by atoms with Crippen LogP contribution in [0.3, 0.4) is 0 Å². The molecule has 32 heavy (non-hydrogen) atoms. The number of alkyl halides is 3. The molecule has 1 fully saturated rings. The van der Waals surface area contributed by atoms with E-state index in [9.17, 15) is 18.0 Å². The van der Waals surface area contributed by atoms with Crippen LogP contribution in [0.4, 0.5) is 13.2 Å². The zero-order valence-electron chi connectivity index (χ0n) is 16.7. The fourth-order valence-corrected chi connectivity index (χ4v) is 3.60. The lowest BCUT2D eigenvalue weighted by Gasteiger charge is -2.21. The van der Waals surface area contributed by atoms with Crippen molar-refractivity contribution in [2.45, 2.75) is 38.1 Å². The predicted octanol–water partition coefficient (Wildman–Crippen LogP) is 4.66. The van der Waals surface area contributed by atoms with Crippen molar-refractivity contribution in [3.63, 3.8) is 0 Å². The molecule has 2 aromatic heterocycles. The van der Waals surface area contributed by atoms with Gasteiger partial charge in [0.25, 0.3) is 5.56 Å². The number of aromatic nitrogens is 4. The molecule has 2 aromatic carbocycles. The van der Waals surface area contributed by atoms with Gasteiger partial charge in [-0.3, -0.25) is 4.79 Å². The Labute approximate surface area is 179 Å². The van der Waals surface area contributed by atoms with E-state index in [1.807, 2.05) is 0 Å². The maximum atomic E-state index is 13.0. The Balaban J connectivity index is 1.42. The lowest BCUT2D eigenvalue weighted by atomic mass is 9.85. The van der Waals surface area contributed by atoms with Crippen molar-refractivity contribution in [2.75, 3.05) is 0 Å². The highest BCUT2D eigenvalue weighted by Gasteiger charge is 2.31. The fraction of sp³-hybridized carbons (Fsp3) is 0.273. The van der Waals surface area contributed by atoms with Crippen LogP contribution < -0.4 is 10.3 Å². The molecule has 10 heteroatoms. The Bertz CT molecular complexity index is 1330. The maximum absolute atomic E-state index is 13.0. The summed E-state index contributed by atoms with van der Waals surface area (Å²) in [5.41, 5.74) is 1.95. The molecular formula is C22H17F3N4O3. The Hall–Kier alpha value is -3.69. The van der Waals surface area contributed by atoms with Gasteiger partial charge in [0.15, 0.2) is 5.89 Å². The van der Waals surface area contributed by atoms with Crippen LogP contribution in [-0.2, 0) is 6.54 Å². The minimum atomic E-state index is -4.75. The molecule has 0 radical (unpaired) electrons. The molecule has 1 aliphatic carbocycles. The van der Waals surface area contributed by atoms with Crippen LogP contribution in [0.2, 0.25) is 0 Å². The number of oxazole rings is 1. The van der Waals surface area contributed by atoms with Gasteiger partial charge in [-0.15, -0.1) is 18.3 Å². The Morgan fingerprint density at radius 1 is 1.09 bits per heavy atom. The van der Waals surface area contributed by atoms with Gasteiger partial charge in [0.1, 0.15) is 23.2 Å². The quantitative estimate of drug-likeness (QED) is 0.447. The third-order valence-corrected chi connectivity index (χ3v) is 5.48. The van der Waals surface area contributed by atoms with Crippen molar-refractivity contribution in [3.8, 4) is 16.9 Å². The second kappa shape index (κ2) is 7.77. The smallest absolute Gasteiger partial charge is 0.448 e. The number of halogens is 3. The number of rotatable bonds is 5. The molecule has 0 saturated heterocycles. The van der Waals surface area contributed by atoms with E-state index < -0.39 is 6.36 Å². The van der Waals surface area contributed by atoms with Crippen molar-refractivity contribution in [1.29, 1.82) is 0 Å². The minimum absolute atomic E-state index is 0.131. The molecule has 7 nitrogen and oxygen atoms in total. The number of benzene rings is 2. The number of fused-ring (bicyclic) bond motifs is 1. The number of hydrogen-bond donors (Lipinski definition) is 0. The van der Waals surface area contributed by atoms with Gasteiger partial charge in [0, 0.05) is 5.92 Å². The van der Waals surface area contributed by atoms with Crippen LogP contribution in [-0.4, -0.2) is 26.3 Å². The molecule has 0 unspecified atom stereocenters. The SMILES string of the molecule is O=c1c2cc(-c3ccc(OC(F)(F)F)cc3)ccc2nnn1Cc1coc(C2CCC2)n1. The van der Waals surface area contributed by atoms with Crippen molar-refractivity contribution in [2.24, 2.45) is 0 Å². The van der Waals surface area contributed by atoms with E-state index >= 15 is 0 Å². The van der Waals surface area contributed by atoms with Gasteiger partial charge < -0.3 is 9.15 Å². The van der Waals surface area contributed by atoms with Crippen molar-refractivity contribution in [1.82, 2.24) is 20.0 Å². The zero-order valence-corrected chi connectivity index (χ0v) is 16.7. The lowest BCUT2D eigenvalue weighted by Crippen LogP contribution is -2.25. The number of ether oxygens (including phenoxy) is 1. The van der Waals surface area contributed by atoms with Crippen molar-refractivity contribution >= 4 is 10.9 Å². The first-order chi connectivity index (χ1) is 15.4. The summed E-state index contributed by atoms with van der Waals surface area (Å²) in [5, 5.41) is 8.44. The Kier molecular flexibility index (Phi) is 4.91. The summed E-state index contributed by atoms with van der Waals surface area (Å²) in [6, 6.07) is 10.4. The van der Waals surface area contributed by atoms with Crippen LogP contribution in [0, 0.1) is 0 Å². The highest BCUT2D eigenvalue weighted by Crippen LogP contribution is 2.35. The van der Waals surface area contributed by atoms with Crippen LogP contribution in [0.25, 0.3) is 22.0 Å². The molecule has 0 N–H and O–H groups in total. The van der Waals surface area contributed by atoms with E-state index in [1.54, 1.807) is 18.2 Å². The average Bonchev–Trinajstić information content (AvgIpc) is 3.16. The molecule has 2 heterocycles. The highest BCUT2D eigenvalue weighted by atomic mass is 19.4. The Morgan fingerprint density at radius 3 is 2.53 bits per heavy atom. The van der Waals surface area contributed by atoms with Crippen LogP contribution >= 0.6 is 0 Å². The molecule has 0 atom stereocenters. The van der Waals surface area contributed by atoms with Crippen LogP contribution in [0.15, 0.2) is 57.9 Å². The predicted molar refractivity (Wildman–Crippen MR) is 108 cm³/mol. The van der Waals surface area contributed by atoms with Crippen molar-refractivity contribution < 1.29 is 22.3 Å². The summed E-state index contributed by atoms with van der Waals surface area (Å²) in [4.78, 5) is 17.5. The third kappa shape index (κ3) is 4.08. The molecule has 5 rings (SSSR count). The summed E-state index contributed by atoms with van der Waals surface area (Å²) >= 11 is 0. The first-order valence-electron chi connectivity index (χ1n) is 10.0. The van der Waals surface area contributed by atoms with Crippen LogP contribution in [0.5, 0.6) is 5.75 Å². The molecule has 0 aliphatic heterocycles. The van der Waals surface area contributed by atoms with Gasteiger partial charge in [-0.25, -0.2) is 9.67 Å². The van der Waals surface area contributed by atoms with Gasteiger partial charge in [-0.05, 0) is 48.2 Å². The monoisotopic (exact) mass is 442 g/mol. The highest BCUT2D eigenvalue weighted by molar-refractivity contribution is 5.83. The first kappa shape index (κ1) is 20.2. The van der Waals surface area contributed by atoms with Gasteiger partial charge >= 0.3 is 6.36 Å². The second-order valence-electron chi connectivity index (χ2n) is 7.66. The zero-order chi connectivity index (χ0) is 22.3. The molecular weight excluding hydrogens is 425 g/mol. The van der Waals surface area contributed by atoms with Gasteiger partial charge in [0.05, 0.1) is 11.9 Å². The van der Waals surface area contributed by atoms with E-state index in [2.05, 4.69) is 20.0 Å². The van der Waals surface area contributed by atoms with Gasteiger partial charge in [0.2, 0.25) is 0 Å². The first-order valence-corrected chi connectivity index (χ1v) is 10.0. The standard InChI is InChI=1S/C22H17F3N4O3/c23-22(24,25)32-17-7-4-13(5-8-17)15-6-9-19-18(10-15)21(30)29(28-27-19)11-16-12-31-20(26-16)14-2-1-3-14/h4-10,12,14H,1-3,11H2. The van der Waals surface area contributed by atoms with Crippen molar-refractivity contribution in [3.05, 3.63) is 70.7 Å². The molecule has 1 saturated carbocycles. The van der Waals surface area contributed by atoms with E-state index in [0.717, 1.165) is 12.8 Å². The topological polar surface area (TPSA) is 83.0 Å². The normalized spacial score (nSPS) is 14.5. The lowest BCUT2D eigenvalue weighted by molar-refractivity contribution is -0.274. The largest absolute Gasteiger partial charge is 0.573 e. The van der Waals surface area contributed by atoms with E-state index in [1.165, 1.54) is 41.6 Å². The third-order valence-electron chi connectivity index (χ3n) is 5.48. The van der Waals surface area contributed by atoms with Gasteiger partial charge in [-0.2, -0.15) is 0 Å². The molecule has 0 bridgehead atoms. The number of hydrogen-bond acceptors (Lipinski definition) is 6. The molecule has 1 aliphatic rings. The molecule has 4 aromatic rings. The summed E-state index contributed by atoms with van der Waals surface area (Å²) in [6.45, 7) is 0.131. The average molecular weight is 442 g/mol. The van der Waals surface area contributed by atoms with E-state index in [0.29, 0.717) is 39.5 Å². The van der Waals surface area contributed by atoms with E-state index in [-0.39, 0.29) is 17.9 Å². The summed E-state index contributed by atoms with van der Waals surface area (Å²) in [6.07, 6.45) is 0.0611. The summed E-state index contributed by atoms with van der Waals surface area (Å²) in [5.74, 6) is 0.719. The second-order valence-corrected chi connectivity index (χ2v) is 7.66. The minimum Gasteiger partial charge on any atom is -0.448 e. The summed E-state index contributed by atoms with van der Waals surface area (Å²) in [7, 11) is 0. The summed E-state index contributed by atoms with van der Waals surface area (Å²) < 4.78 is 47.7. The Morgan fingerprint density at radius 2 is 1.84 bits per heavy atom.